The largest absolute Gasteiger partial charge is 0.489 e. The second-order valence-corrected chi connectivity index (χ2v) is 10.6. The molecule has 1 aliphatic heterocycles. The molecule has 5 aromatic rings. The molecule has 0 spiro atoms. The standard InChI is InChI=1S/C30H26ClF3N8O/c1-16-8-23(35)41-27(25(16)30(32,33)34)21-10-22-24-28(26(21)31)43-7-6-42(29(24)40-15-39-22)17(2)19-9-20(14-37-13-19)38-12-18-4-3-5-36-11-18/h3-5,8-11,13-15,17,38H,6-7,12H2,1-2H3,(H2,35,41)/t17-/m1/s1. The minimum Gasteiger partial charge on any atom is -0.489 e. The summed E-state index contributed by atoms with van der Waals surface area (Å²) >= 11 is 6.81. The molecule has 4 aromatic heterocycles. The molecule has 0 radical (unpaired) electrons. The molecule has 6 rings (SSSR count). The first-order valence-corrected chi connectivity index (χ1v) is 13.8. The highest BCUT2D eigenvalue weighted by molar-refractivity contribution is 6.36. The van der Waals surface area contributed by atoms with Crippen LogP contribution in [0.4, 0.5) is 30.5 Å². The summed E-state index contributed by atoms with van der Waals surface area (Å²) in [4.78, 5) is 23.6. The van der Waals surface area contributed by atoms with E-state index >= 15 is 0 Å². The minimum atomic E-state index is -4.69. The zero-order chi connectivity index (χ0) is 30.3. The first kappa shape index (κ1) is 28.4. The van der Waals surface area contributed by atoms with E-state index in [2.05, 4.69) is 30.2 Å². The fourth-order valence-corrected chi connectivity index (χ4v) is 5.62. The number of nitrogens with two attached hydrogens (primary N) is 1. The van der Waals surface area contributed by atoms with Gasteiger partial charge in [-0.2, -0.15) is 13.2 Å². The van der Waals surface area contributed by atoms with Gasteiger partial charge >= 0.3 is 6.18 Å². The van der Waals surface area contributed by atoms with Crippen LogP contribution in [0.2, 0.25) is 5.02 Å². The van der Waals surface area contributed by atoms with Gasteiger partial charge in [0, 0.05) is 36.9 Å². The van der Waals surface area contributed by atoms with Gasteiger partial charge in [0.2, 0.25) is 0 Å². The fourth-order valence-electron chi connectivity index (χ4n) is 5.32. The van der Waals surface area contributed by atoms with E-state index < -0.39 is 11.7 Å². The number of halogens is 4. The Morgan fingerprint density at radius 3 is 2.74 bits per heavy atom. The number of rotatable bonds is 6. The van der Waals surface area contributed by atoms with Crippen LogP contribution in [0.15, 0.2) is 61.4 Å². The van der Waals surface area contributed by atoms with Crippen LogP contribution in [0.25, 0.3) is 22.2 Å². The van der Waals surface area contributed by atoms with Crippen LogP contribution >= 0.6 is 11.6 Å². The molecule has 0 bridgehead atoms. The molecule has 3 N–H and O–H groups in total. The summed E-state index contributed by atoms with van der Waals surface area (Å²) < 4.78 is 48.6. The van der Waals surface area contributed by atoms with E-state index in [-0.39, 0.29) is 46.1 Å². The highest BCUT2D eigenvalue weighted by atomic mass is 35.5. The Kier molecular flexibility index (Phi) is 7.38. The predicted octanol–water partition coefficient (Wildman–Crippen LogP) is 6.62. The number of nitrogen functional groups attached to an aromatic ring is 1. The Bertz CT molecular complexity index is 1820. The van der Waals surface area contributed by atoms with Crippen molar-refractivity contribution in [2.24, 2.45) is 0 Å². The number of benzene rings is 1. The van der Waals surface area contributed by atoms with Gasteiger partial charge in [-0.15, -0.1) is 0 Å². The number of nitrogens with zero attached hydrogens (tertiary/aromatic N) is 6. The average Bonchev–Trinajstić information content (AvgIpc) is 3.18. The quantitative estimate of drug-likeness (QED) is 0.220. The maximum atomic E-state index is 14.2. The summed E-state index contributed by atoms with van der Waals surface area (Å²) in [6, 6.07) is 8.34. The van der Waals surface area contributed by atoms with Crippen molar-refractivity contribution >= 4 is 39.8 Å². The highest BCUT2D eigenvalue weighted by Crippen LogP contribution is 2.48. The van der Waals surface area contributed by atoms with Crippen LogP contribution in [0.1, 0.15) is 35.2 Å². The van der Waals surface area contributed by atoms with Gasteiger partial charge in [-0.25, -0.2) is 15.0 Å². The molecule has 43 heavy (non-hydrogen) atoms. The number of aryl methyl sites for hydroxylation is 1. The van der Waals surface area contributed by atoms with E-state index in [0.29, 0.717) is 29.8 Å². The van der Waals surface area contributed by atoms with Crippen molar-refractivity contribution in [3.63, 3.8) is 0 Å². The average molecular weight is 607 g/mol. The van der Waals surface area contributed by atoms with Gasteiger partial charge in [-0.3, -0.25) is 9.97 Å². The molecule has 13 heteroatoms. The normalized spacial score (nSPS) is 13.9. The predicted molar refractivity (Wildman–Crippen MR) is 159 cm³/mol. The third-order valence-corrected chi connectivity index (χ3v) is 7.73. The molecule has 0 aliphatic carbocycles. The van der Waals surface area contributed by atoms with Crippen LogP contribution in [-0.2, 0) is 12.7 Å². The van der Waals surface area contributed by atoms with Crippen LogP contribution in [-0.4, -0.2) is 38.1 Å². The van der Waals surface area contributed by atoms with E-state index in [1.54, 1.807) is 24.8 Å². The molecule has 9 nitrogen and oxygen atoms in total. The maximum absolute atomic E-state index is 14.2. The summed E-state index contributed by atoms with van der Waals surface area (Å²) in [5, 5.41) is 3.85. The molecule has 0 unspecified atom stereocenters. The van der Waals surface area contributed by atoms with Crippen LogP contribution < -0.4 is 20.7 Å². The summed E-state index contributed by atoms with van der Waals surface area (Å²) in [7, 11) is 0. The van der Waals surface area contributed by atoms with Gasteiger partial charge in [-0.1, -0.05) is 17.7 Å². The first-order chi connectivity index (χ1) is 20.6. The Balaban J connectivity index is 1.40. The molecule has 0 fully saturated rings. The molecule has 1 aliphatic rings. The Labute approximate surface area is 249 Å². The van der Waals surface area contributed by atoms with Crippen molar-refractivity contribution in [3.05, 3.63) is 88.7 Å². The Morgan fingerprint density at radius 2 is 1.98 bits per heavy atom. The van der Waals surface area contributed by atoms with E-state index in [0.717, 1.165) is 16.8 Å². The second kappa shape index (κ2) is 11.2. The van der Waals surface area contributed by atoms with Gasteiger partial charge in [0.05, 0.1) is 45.5 Å². The number of pyridine rings is 3. The lowest BCUT2D eigenvalue weighted by Crippen LogP contribution is -2.31. The van der Waals surface area contributed by atoms with Crippen LogP contribution in [0.5, 0.6) is 5.75 Å². The molecule has 0 amide bonds. The van der Waals surface area contributed by atoms with E-state index in [1.165, 1.54) is 25.4 Å². The molecule has 1 atom stereocenters. The molecule has 220 valence electrons. The molecule has 0 saturated heterocycles. The lowest BCUT2D eigenvalue weighted by atomic mass is 9.99. The SMILES string of the molecule is Cc1cc(N)nc(-c2cc3ncnc4c3c(c2Cl)OCCN4[C@H](C)c2cncc(NCc3cccnc3)c2)c1C(F)(F)F. The summed E-state index contributed by atoms with van der Waals surface area (Å²) in [5.74, 6) is 0.678. The van der Waals surface area contributed by atoms with Crippen molar-refractivity contribution < 1.29 is 17.9 Å². The van der Waals surface area contributed by atoms with Crippen molar-refractivity contribution in [1.29, 1.82) is 0 Å². The molecule has 5 heterocycles. The first-order valence-electron chi connectivity index (χ1n) is 13.4. The van der Waals surface area contributed by atoms with Gasteiger partial charge in [-0.05, 0) is 54.8 Å². The fraction of sp³-hybridized carbons (Fsp3) is 0.233. The van der Waals surface area contributed by atoms with Crippen molar-refractivity contribution in [2.75, 3.05) is 29.1 Å². The van der Waals surface area contributed by atoms with Gasteiger partial charge < -0.3 is 20.7 Å². The minimum absolute atomic E-state index is 0.0228. The number of nitrogens with one attached hydrogen (secondary N) is 1. The smallest absolute Gasteiger partial charge is 0.418 e. The van der Waals surface area contributed by atoms with Gasteiger partial charge in [0.15, 0.2) is 5.75 Å². The summed E-state index contributed by atoms with van der Waals surface area (Å²) in [5.41, 5.74) is 7.68. The van der Waals surface area contributed by atoms with Crippen molar-refractivity contribution in [2.45, 2.75) is 32.6 Å². The number of hydrogen-bond acceptors (Lipinski definition) is 9. The van der Waals surface area contributed by atoms with Crippen molar-refractivity contribution in [1.82, 2.24) is 24.9 Å². The Morgan fingerprint density at radius 1 is 1.14 bits per heavy atom. The van der Waals surface area contributed by atoms with Crippen molar-refractivity contribution in [3.8, 4) is 17.0 Å². The lowest BCUT2D eigenvalue weighted by Gasteiger charge is -2.29. The van der Waals surface area contributed by atoms with E-state index in [9.17, 15) is 13.2 Å². The zero-order valence-electron chi connectivity index (χ0n) is 23.2. The van der Waals surface area contributed by atoms with Gasteiger partial charge in [0.25, 0.3) is 0 Å². The summed E-state index contributed by atoms with van der Waals surface area (Å²) in [6.07, 6.45) is 3.74. The number of hydrogen-bond donors (Lipinski definition) is 2. The Hall–Kier alpha value is -4.71. The van der Waals surface area contributed by atoms with Crippen LogP contribution in [0, 0.1) is 6.92 Å². The number of alkyl halides is 3. The second-order valence-electron chi connectivity index (χ2n) is 10.2. The highest BCUT2D eigenvalue weighted by Gasteiger charge is 2.38. The maximum Gasteiger partial charge on any atom is 0.418 e. The molecule has 0 saturated carbocycles. The number of anilines is 3. The lowest BCUT2D eigenvalue weighted by molar-refractivity contribution is -0.137. The third-order valence-electron chi connectivity index (χ3n) is 7.35. The number of aromatic nitrogens is 5. The third kappa shape index (κ3) is 5.45. The number of ether oxygens (including phenoxy) is 1. The van der Waals surface area contributed by atoms with Crippen LogP contribution in [0.3, 0.4) is 0 Å². The van der Waals surface area contributed by atoms with E-state index in [1.807, 2.05) is 30.0 Å². The topological polar surface area (TPSA) is 115 Å². The molecular weight excluding hydrogens is 581 g/mol. The zero-order valence-corrected chi connectivity index (χ0v) is 23.9. The van der Waals surface area contributed by atoms with Gasteiger partial charge in [0.1, 0.15) is 24.6 Å². The monoisotopic (exact) mass is 606 g/mol. The molecule has 1 aromatic carbocycles. The summed E-state index contributed by atoms with van der Waals surface area (Å²) in [6.45, 7) is 4.56. The molecular formula is C30H26ClF3N8O. The van der Waals surface area contributed by atoms with E-state index in [4.69, 9.17) is 22.1 Å².